The first kappa shape index (κ1) is 22.5. The summed E-state index contributed by atoms with van der Waals surface area (Å²) in [6.07, 6.45) is -12.8. The summed E-state index contributed by atoms with van der Waals surface area (Å²) in [6, 6.07) is 0. The Morgan fingerprint density at radius 2 is 1.69 bits per heavy atom. The fourth-order valence-electron chi connectivity index (χ4n) is 1.51. The largest absolute Gasteiger partial charge is 0.641 e. The van der Waals surface area contributed by atoms with Gasteiger partial charge in [0.05, 0.1) is 13.2 Å². The van der Waals surface area contributed by atoms with Crippen LogP contribution in [0.5, 0.6) is 0 Å². The molecule has 0 aliphatic carbocycles. The summed E-state index contributed by atoms with van der Waals surface area (Å²) >= 11 is 0. The molecule has 0 bridgehead atoms. The molecule has 26 heavy (non-hydrogen) atoms. The van der Waals surface area contributed by atoms with Crippen molar-refractivity contribution in [2.45, 2.75) is 24.6 Å². The van der Waals surface area contributed by atoms with Gasteiger partial charge in [0.15, 0.2) is 25.4 Å². The third-order valence-electron chi connectivity index (χ3n) is 2.53. The molecular formula is C11H13BF6O8. The molecule has 0 aromatic rings. The smallest absolute Gasteiger partial charge is 0.454 e. The Kier molecular flexibility index (Phi) is 8.11. The zero-order valence-corrected chi connectivity index (χ0v) is 13.1. The van der Waals surface area contributed by atoms with Crippen LogP contribution in [-0.2, 0) is 37.8 Å². The Labute approximate surface area is 142 Å². The Balaban J connectivity index is 2.50. The van der Waals surface area contributed by atoms with Gasteiger partial charge in [-0.15, -0.1) is 0 Å². The predicted octanol–water partition coefficient (Wildman–Crippen LogP) is 0.629. The van der Waals surface area contributed by atoms with Crippen molar-refractivity contribution in [3.8, 4) is 0 Å². The molecule has 8 nitrogen and oxygen atoms in total. The molecule has 0 N–H and O–H groups in total. The summed E-state index contributed by atoms with van der Waals surface area (Å²) in [5.41, 5.74) is 0. The maximum atomic E-state index is 12.0. The van der Waals surface area contributed by atoms with Crippen LogP contribution in [0, 0.1) is 0 Å². The van der Waals surface area contributed by atoms with E-state index in [1.54, 1.807) is 0 Å². The molecular weight excluding hydrogens is 385 g/mol. The zero-order valence-electron chi connectivity index (χ0n) is 13.1. The van der Waals surface area contributed by atoms with Gasteiger partial charge in [-0.3, -0.25) is 0 Å². The first-order chi connectivity index (χ1) is 11.9. The number of esters is 2. The summed E-state index contributed by atoms with van der Waals surface area (Å²) in [6.45, 7) is -4.80. The average molecular weight is 398 g/mol. The Morgan fingerprint density at radius 3 is 2.23 bits per heavy atom. The molecule has 1 aliphatic rings. The Bertz CT molecular complexity index is 484. The molecule has 0 amide bonds. The highest BCUT2D eigenvalue weighted by atomic mass is 19.4. The van der Waals surface area contributed by atoms with Crippen molar-refractivity contribution in [1.82, 2.24) is 0 Å². The predicted molar refractivity (Wildman–Crippen MR) is 67.4 cm³/mol. The molecule has 0 aromatic heterocycles. The molecule has 1 heterocycles. The van der Waals surface area contributed by atoms with Crippen LogP contribution < -0.4 is 0 Å². The minimum Gasteiger partial charge on any atom is -0.454 e. The molecule has 0 radical (unpaired) electrons. The second-order valence-corrected chi connectivity index (χ2v) is 4.77. The molecule has 2 atom stereocenters. The maximum absolute atomic E-state index is 12.0. The summed E-state index contributed by atoms with van der Waals surface area (Å²) in [7, 11) is -0.613. The highest BCUT2D eigenvalue weighted by Crippen LogP contribution is 2.18. The van der Waals surface area contributed by atoms with Crippen LogP contribution in [0.4, 0.5) is 26.3 Å². The molecule has 0 aromatic carbocycles. The van der Waals surface area contributed by atoms with Gasteiger partial charge < -0.3 is 28.2 Å². The Hall–Kier alpha value is -1.58. The summed E-state index contributed by atoms with van der Waals surface area (Å²) in [5.74, 6) is -2.84. The molecule has 0 saturated carbocycles. The highest BCUT2D eigenvalue weighted by Gasteiger charge is 2.43. The van der Waals surface area contributed by atoms with Crippen LogP contribution in [-0.4, -0.2) is 77.4 Å². The number of rotatable bonds is 8. The zero-order chi connectivity index (χ0) is 20.0. The number of carbonyl (C=O) groups excluding carboxylic acids is 2. The van der Waals surface area contributed by atoms with Gasteiger partial charge in [-0.2, -0.15) is 26.3 Å². The molecule has 150 valence electrons. The van der Waals surface area contributed by atoms with Crippen LogP contribution in [0.1, 0.15) is 0 Å². The third-order valence-corrected chi connectivity index (χ3v) is 2.53. The number of carbonyl (C=O) groups is 2. The van der Waals surface area contributed by atoms with Crippen molar-refractivity contribution in [2.24, 2.45) is 0 Å². The van der Waals surface area contributed by atoms with Crippen molar-refractivity contribution in [2.75, 3.05) is 33.5 Å². The van der Waals surface area contributed by atoms with Gasteiger partial charge in [-0.05, 0) is 0 Å². The van der Waals surface area contributed by atoms with E-state index in [0.29, 0.717) is 0 Å². The SMILES string of the molecule is COCC(OB1OCC(C(=O)OCC(F)(F)F)O1)C(=O)OCC(F)(F)F. The summed E-state index contributed by atoms with van der Waals surface area (Å²) in [4.78, 5) is 22.9. The minimum absolute atomic E-state index is 0.539. The van der Waals surface area contributed by atoms with E-state index in [4.69, 9.17) is 14.0 Å². The number of hydrogen-bond donors (Lipinski definition) is 0. The lowest BCUT2D eigenvalue weighted by Crippen LogP contribution is -2.39. The van der Waals surface area contributed by atoms with E-state index in [0.717, 1.165) is 7.11 Å². The second-order valence-electron chi connectivity index (χ2n) is 4.77. The Morgan fingerprint density at radius 1 is 1.12 bits per heavy atom. The first-order valence-corrected chi connectivity index (χ1v) is 6.79. The number of methoxy groups -OCH3 is 1. The van der Waals surface area contributed by atoms with E-state index in [-0.39, 0.29) is 0 Å². The van der Waals surface area contributed by atoms with Gasteiger partial charge in [-0.1, -0.05) is 0 Å². The van der Waals surface area contributed by atoms with E-state index < -0.39 is 70.2 Å². The number of ether oxygens (including phenoxy) is 3. The summed E-state index contributed by atoms with van der Waals surface area (Å²) < 4.78 is 98.9. The van der Waals surface area contributed by atoms with Gasteiger partial charge in [0.2, 0.25) is 0 Å². The monoisotopic (exact) mass is 398 g/mol. The summed E-state index contributed by atoms with van der Waals surface area (Å²) in [5, 5.41) is 0. The molecule has 0 spiro atoms. The maximum Gasteiger partial charge on any atom is 0.641 e. The van der Waals surface area contributed by atoms with E-state index in [1.165, 1.54) is 0 Å². The van der Waals surface area contributed by atoms with Crippen LogP contribution in [0.2, 0.25) is 0 Å². The van der Waals surface area contributed by atoms with E-state index in [1.807, 2.05) is 0 Å². The lowest BCUT2D eigenvalue weighted by atomic mass is 10.2. The molecule has 1 rings (SSSR count). The van der Waals surface area contributed by atoms with Crippen molar-refractivity contribution >= 4 is 19.3 Å². The third kappa shape index (κ3) is 8.69. The number of halogens is 6. The van der Waals surface area contributed by atoms with Crippen LogP contribution in [0.3, 0.4) is 0 Å². The quantitative estimate of drug-likeness (QED) is 0.334. The van der Waals surface area contributed by atoms with Gasteiger partial charge in [0, 0.05) is 7.11 Å². The fraction of sp³-hybridized carbons (Fsp3) is 0.818. The van der Waals surface area contributed by atoms with Crippen molar-refractivity contribution < 1.29 is 64.1 Å². The standard InChI is InChI=1S/C11H13BF6O8/c1-21-2-6(8(19)22-4-10(13,14)15)25-12-24-3-7(26-12)9(20)23-5-11(16,17)18/h6-7H,2-5H2,1H3. The van der Waals surface area contributed by atoms with E-state index in [9.17, 15) is 35.9 Å². The molecule has 1 aliphatic heterocycles. The van der Waals surface area contributed by atoms with Crippen LogP contribution in [0.15, 0.2) is 0 Å². The average Bonchev–Trinajstić information content (AvgIpc) is 2.97. The normalized spacial score (nSPS) is 19.3. The number of alkyl halides is 6. The van der Waals surface area contributed by atoms with E-state index >= 15 is 0 Å². The van der Waals surface area contributed by atoms with Crippen LogP contribution >= 0.6 is 0 Å². The van der Waals surface area contributed by atoms with Gasteiger partial charge in [-0.25, -0.2) is 9.59 Å². The minimum atomic E-state index is -4.76. The highest BCUT2D eigenvalue weighted by molar-refractivity contribution is 6.38. The lowest BCUT2D eigenvalue weighted by Gasteiger charge is -2.18. The first-order valence-electron chi connectivity index (χ1n) is 6.79. The second kappa shape index (κ2) is 9.39. The van der Waals surface area contributed by atoms with Crippen molar-refractivity contribution in [3.63, 3.8) is 0 Å². The molecule has 15 heteroatoms. The van der Waals surface area contributed by atoms with Crippen molar-refractivity contribution in [1.29, 1.82) is 0 Å². The van der Waals surface area contributed by atoms with Gasteiger partial charge in [0.25, 0.3) is 0 Å². The van der Waals surface area contributed by atoms with E-state index in [2.05, 4.69) is 14.2 Å². The number of hydrogen-bond acceptors (Lipinski definition) is 8. The van der Waals surface area contributed by atoms with Gasteiger partial charge in [0.1, 0.15) is 0 Å². The van der Waals surface area contributed by atoms with Crippen molar-refractivity contribution in [3.05, 3.63) is 0 Å². The van der Waals surface area contributed by atoms with Crippen LogP contribution in [0.25, 0.3) is 0 Å². The molecule has 1 fully saturated rings. The van der Waals surface area contributed by atoms with Gasteiger partial charge >= 0.3 is 31.6 Å². The fourth-order valence-corrected chi connectivity index (χ4v) is 1.51. The molecule has 2 unspecified atom stereocenters. The molecule has 1 saturated heterocycles. The topological polar surface area (TPSA) is 89.5 Å². The lowest BCUT2D eigenvalue weighted by molar-refractivity contribution is -0.193.